The highest BCUT2D eigenvalue weighted by molar-refractivity contribution is 4.77. The van der Waals surface area contributed by atoms with Gasteiger partial charge in [-0.2, -0.15) is 0 Å². The molecule has 0 heterocycles. The zero-order chi connectivity index (χ0) is 12.5. The summed E-state index contributed by atoms with van der Waals surface area (Å²) < 4.78 is 5.66. The molecule has 0 spiro atoms. The van der Waals surface area contributed by atoms with Crippen LogP contribution in [-0.2, 0) is 4.74 Å². The van der Waals surface area contributed by atoms with Gasteiger partial charge in [-0.05, 0) is 25.2 Å². The van der Waals surface area contributed by atoms with Gasteiger partial charge >= 0.3 is 0 Å². The van der Waals surface area contributed by atoms with Crippen LogP contribution >= 0.6 is 0 Å². The summed E-state index contributed by atoms with van der Waals surface area (Å²) in [6, 6.07) is 0.691. The van der Waals surface area contributed by atoms with E-state index >= 15 is 0 Å². The third-order valence-corrected chi connectivity index (χ3v) is 3.59. The normalized spacial score (nSPS) is 17.5. The van der Waals surface area contributed by atoms with E-state index in [1.807, 2.05) is 0 Å². The first-order chi connectivity index (χ1) is 8.24. The van der Waals surface area contributed by atoms with Crippen molar-refractivity contribution in [2.75, 3.05) is 32.9 Å². The molecule has 0 unspecified atom stereocenters. The fourth-order valence-corrected chi connectivity index (χ4v) is 2.48. The third kappa shape index (κ3) is 6.39. The summed E-state index contributed by atoms with van der Waals surface area (Å²) in [4.78, 5) is 2.41. The van der Waals surface area contributed by atoms with Gasteiger partial charge in [0.25, 0.3) is 0 Å². The molecule has 0 aliphatic heterocycles. The quantitative estimate of drug-likeness (QED) is 0.631. The molecule has 0 aromatic rings. The van der Waals surface area contributed by atoms with Crippen molar-refractivity contribution in [3.8, 4) is 0 Å². The van der Waals surface area contributed by atoms with Crippen molar-refractivity contribution in [2.45, 2.75) is 52.0 Å². The van der Waals surface area contributed by atoms with Crippen LogP contribution in [0.15, 0.2) is 0 Å². The van der Waals surface area contributed by atoms with Crippen LogP contribution in [0.2, 0.25) is 0 Å². The lowest BCUT2D eigenvalue weighted by atomic mass is 10.1. The first-order valence-corrected chi connectivity index (χ1v) is 7.16. The number of rotatable bonds is 9. The van der Waals surface area contributed by atoms with Crippen LogP contribution in [0, 0.1) is 5.92 Å². The summed E-state index contributed by atoms with van der Waals surface area (Å²) in [5, 5.41) is 9.09. The van der Waals surface area contributed by atoms with Crippen molar-refractivity contribution in [2.24, 2.45) is 5.92 Å². The summed E-state index contributed by atoms with van der Waals surface area (Å²) in [5.41, 5.74) is 0. The molecule has 3 nitrogen and oxygen atoms in total. The van der Waals surface area contributed by atoms with Crippen LogP contribution in [0.25, 0.3) is 0 Å². The minimum Gasteiger partial charge on any atom is -0.395 e. The Morgan fingerprint density at radius 2 is 1.88 bits per heavy atom. The van der Waals surface area contributed by atoms with E-state index in [0.29, 0.717) is 6.04 Å². The number of hydrogen-bond donors (Lipinski definition) is 1. The topological polar surface area (TPSA) is 32.7 Å². The molecule has 1 rings (SSSR count). The highest BCUT2D eigenvalue weighted by Crippen LogP contribution is 2.22. The van der Waals surface area contributed by atoms with Gasteiger partial charge in [-0.3, -0.25) is 4.90 Å². The molecular weight excluding hydrogens is 214 g/mol. The standard InChI is InChI=1S/C14H29NO2/c1-13(2)7-11-17-12-9-15(8-10-16)14-5-3-4-6-14/h13-14,16H,3-12H2,1-2H3. The molecule has 0 aromatic heterocycles. The number of nitrogens with zero attached hydrogens (tertiary/aromatic N) is 1. The Morgan fingerprint density at radius 3 is 2.47 bits per heavy atom. The van der Waals surface area contributed by atoms with Crippen molar-refractivity contribution in [1.82, 2.24) is 4.90 Å². The Kier molecular flexibility index (Phi) is 7.82. The van der Waals surface area contributed by atoms with Crippen molar-refractivity contribution in [3.63, 3.8) is 0 Å². The molecule has 3 heteroatoms. The van der Waals surface area contributed by atoms with E-state index in [2.05, 4.69) is 18.7 Å². The maximum atomic E-state index is 9.09. The zero-order valence-electron chi connectivity index (χ0n) is 11.5. The predicted molar refractivity (Wildman–Crippen MR) is 71.2 cm³/mol. The van der Waals surface area contributed by atoms with E-state index in [4.69, 9.17) is 9.84 Å². The highest BCUT2D eigenvalue weighted by atomic mass is 16.5. The molecule has 1 saturated carbocycles. The lowest BCUT2D eigenvalue weighted by molar-refractivity contribution is 0.0724. The third-order valence-electron chi connectivity index (χ3n) is 3.59. The van der Waals surface area contributed by atoms with Gasteiger partial charge in [0.15, 0.2) is 0 Å². The summed E-state index contributed by atoms with van der Waals surface area (Å²) in [5.74, 6) is 0.721. The molecule has 1 aliphatic rings. The van der Waals surface area contributed by atoms with Crippen molar-refractivity contribution >= 4 is 0 Å². The van der Waals surface area contributed by atoms with Gasteiger partial charge in [-0.1, -0.05) is 26.7 Å². The summed E-state index contributed by atoms with van der Waals surface area (Å²) in [7, 11) is 0. The molecule has 1 N–H and O–H groups in total. The smallest absolute Gasteiger partial charge is 0.0593 e. The van der Waals surface area contributed by atoms with Gasteiger partial charge < -0.3 is 9.84 Å². The minimum atomic E-state index is 0.266. The molecule has 1 aliphatic carbocycles. The van der Waals surface area contributed by atoms with E-state index in [1.165, 1.54) is 25.7 Å². The van der Waals surface area contributed by atoms with Gasteiger partial charge in [-0.25, -0.2) is 0 Å². The molecule has 17 heavy (non-hydrogen) atoms. The zero-order valence-corrected chi connectivity index (χ0v) is 11.5. The van der Waals surface area contributed by atoms with Crippen molar-refractivity contribution in [3.05, 3.63) is 0 Å². The Labute approximate surface area is 106 Å². The van der Waals surface area contributed by atoms with E-state index < -0.39 is 0 Å². The number of aliphatic hydroxyl groups excluding tert-OH is 1. The fraction of sp³-hybridized carbons (Fsp3) is 1.00. The van der Waals surface area contributed by atoms with Crippen LogP contribution in [0.5, 0.6) is 0 Å². The molecular formula is C14H29NO2. The first kappa shape index (κ1) is 14.9. The average molecular weight is 243 g/mol. The molecule has 0 aromatic carbocycles. The molecule has 0 radical (unpaired) electrons. The van der Waals surface area contributed by atoms with Crippen molar-refractivity contribution < 1.29 is 9.84 Å². The predicted octanol–water partition coefficient (Wildman–Crippen LogP) is 2.29. The first-order valence-electron chi connectivity index (χ1n) is 7.16. The number of hydrogen-bond acceptors (Lipinski definition) is 3. The summed E-state index contributed by atoms with van der Waals surface area (Å²) in [6.07, 6.45) is 6.43. The van der Waals surface area contributed by atoms with E-state index in [9.17, 15) is 0 Å². The maximum Gasteiger partial charge on any atom is 0.0593 e. The second kappa shape index (κ2) is 8.90. The molecule has 0 saturated heterocycles. The Bertz CT molecular complexity index is 179. The summed E-state index contributed by atoms with van der Waals surface area (Å²) in [6.45, 7) is 8.17. The number of aliphatic hydroxyl groups is 1. The average Bonchev–Trinajstić information content (AvgIpc) is 2.80. The SMILES string of the molecule is CC(C)CCOCCN(CCO)C1CCCC1. The van der Waals surface area contributed by atoms with Crippen LogP contribution in [-0.4, -0.2) is 49.0 Å². The van der Waals surface area contributed by atoms with Gasteiger partial charge in [0, 0.05) is 25.7 Å². The molecule has 0 atom stereocenters. The second-order valence-electron chi connectivity index (χ2n) is 5.49. The van der Waals surface area contributed by atoms with Gasteiger partial charge in [0.2, 0.25) is 0 Å². The highest BCUT2D eigenvalue weighted by Gasteiger charge is 2.21. The molecule has 1 fully saturated rings. The fourth-order valence-electron chi connectivity index (χ4n) is 2.48. The van der Waals surface area contributed by atoms with Crippen LogP contribution in [0.4, 0.5) is 0 Å². The van der Waals surface area contributed by atoms with Gasteiger partial charge in [0.1, 0.15) is 0 Å². The lowest BCUT2D eigenvalue weighted by Gasteiger charge is -2.27. The van der Waals surface area contributed by atoms with E-state index in [1.54, 1.807) is 0 Å². The largest absolute Gasteiger partial charge is 0.395 e. The molecule has 0 amide bonds. The van der Waals surface area contributed by atoms with Gasteiger partial charge in [0.05, 0.1) is 13.2 Å². The maximum absolute atomic E-state index is 9.09. The Balaban J connectivity index is 2.11. The summed E-state index contributed by atoms with van der Waals surface area (Å²) >= 11 is 0. The monoisotopic (exact) mass is 243 g/mol. The minimum absolute atomic E-state index is 0.266. The Hall–Kier alpha value is -0.120. The molecule has 102 valence electrons. The van der Waals surface area contributed by atoms with Gasteiger partial charge in [-0.15, -0.1) is 0 Å². The van der Waals surface area contributed by atoms with Crippen molar-refractivity contribution in [1.29, 1.82) is 0 Å². The molecule has 0 bridgehead atoms. The van der Waals surface area contributed by atoms with Crippen LogP contribution in [0.3, 0.4) is 0 Å². The van der Waals surface area contributed by atoms with E-state index in [0.717, 1.165) is 38.6 Å². The van der Waals surface area contributed by atoms with Crippen LogP contribution in [0.1, 0.15) is 46.0 Å². The van der Waals surface area contributed by atoms with E-state index in [-0.39, 0.29) is 6.61 Å². The second-order valence-corrected chi connectivity index (χ2v) is 5.49. The Morgan fingerprint density at radius 1 is 1.18 bits per heavy atom. The number of ether oxygens (including phenoxy) is 1. The van der Waals surface area contributed by atoms with Crippen LogP contribution < -0.4 is 0 Å². The lowest BCUT2D eigenvalue weighted by Crippen LogP contribution is -2.38.